The topological polar surface area (TPSA) is 37.3 Å². The summed E-state index contributed by atoms with van der Waals surface area (Å²) in [6, 6.07) is 4.10. The van der Waals surface area contributed by atoms with Gasteiger partial charge in [-0.2, -0.15) is 0 Å². The highest BCUT2D eigenvalue weighted by Gasteiger charge is 2.13. The van der Waals surface area contributed by atoms with Gasteiger partial charge in [0.05, 0.1) is 5.92 Å². The summed E-state index contributed by atoms with van der Waals surface area (Å²) >= 11 is 0. The molecule has 0 aliphatic heterocycles. The largest absolute Gasteiger partial charge is 0.481 e. The van der Waals surface area contributed by atoms with E-state index in [1.807, 2.05) is 6.07 Å². The number of carbonyl (C=O) groups is 1. The SMILES string of the molecule is Cc1ccc(CC(C)C(=O)O)c(C)c1C. The highest BCUT2D eigenvalue weighted by atomic mass is 16.4. The van der Waals surface area contributed by atoms with Gasteiger partial charge in [0.1, 0.15) is 0 Å². The fourth-order valence-electron chi connectivity index (χ4n) is 1.65. The molecule has 0 bridgehead atoms. The van der Waals surface area contributed by atoms with Crippen LogP contribution in [0.1, 0.15) is 29.2 Å². The molecule has 82 valence electrons. The predicted molar refractivity (Wildman–Crippen MR) is 61.2 cm³/mol. The average molecular weight is 206 g/mol. The lowest BCUT2D eigenvalue weighted by molar-refractivity contribution is -0.141. The first kappa shape index (κ1) is 11.8. The molecular formula is C13H18O2. The van der Waals surface area contributed by atoms with Crippen LogP contribution in [0.5, 0.6) is 0 Å². The minimum absolute atomic E-state index is 0.314. The molecule has 0 aliphatic carbocycles. The number of hydrogen-bond donors (Lipinski definition) is 1. The molecule has 1 aromatic rings. The van der Waals surface area contributed by atoms with Gasteiger partial charge in [-0.05, 0) is 49.4 Å². The number of hydrogen-bond acceptors (Lipinski definition) is 1. The molecule has 1 atom stereocenters. The lowest BCUT2D eigenvalue weighted by Gasteiger charge is -2.13. The van der Waals surface area contributed by atoms with Gasteiger partial charge in [0, 0.05) is 0 Å². The second-order valence-corrected chi connectivity index (χ2v) is 4.23. The van der Waals surface area contributed by atoms with Gasteiger partial charge in [0.2, 0.25) is 0 Å². The van der Waals surface area contributed by atoms with E-state index in [0.717, 1.165) is 5.56 Å². The van der Waals surface area contributed by atoms with Crippen LogP contribution in [0.15, 0.2) is 12.1 Å². The van der Waals surface area contributed by atoms with Gasteiger partial charge in [0.25, 0.3) is 0 Å². The monoisotopic (exact) mass is 206 g/mol. The molecule has 0 amide bonds. The van der Waals surface area contributed by atoms with E-state index in [4.69, 9.17) is 5.11 Å². The minimum atomic E-state index is -0.729. The molecule has 1 unspecified atom stereocenters. The number of aryl methyl sites for hydroxylation is 1. The van der Waals surface area contributed by atoms with Crippen molar-refractivity contribution in [1.29, 1.82) is 0 Å². The van der Waals surface area contributed by atoms with Gasteiger partial charge in [-0.1, -0.05) is 19.1 Å². The Kier molecular flexibility index (Phi) is 3.51. The van der Waals surface area contributed by atoms with Gasteiger partial charge in [-0.15, -0.1) is 0 Å². The summed E-state index contributed by atoms with van der Waals surface area (Å²) in [7, 11) is 0. The molecule has 2 heteroatoms. The lowest BCUT2D eigenvalue weighted by atomic mass is 9.93. The molecule has 15 heavy (non-hydrogen) atoms. The number of carboxylic acids is 1. The highest BCUT2D eigenvalue weighted by molar-refractivity contribution is 5.70. The van der Waals surface area contributed by atoms with Crippen LogP contribution in [-0.2, 0) is 11.2 Å². The van der Waals surface area contributed by atoms with E-state index < -0.39 is 5.97 Å². The van der Waals surface area contributed by atoms with Crippen LogP contribution in [0.3, 0.4) is 0 Å². The van der Waals surface area contributed by atoms with Crippen molar-refractivity contribution >= 4 is 5.97 Å². The molecule has 0 spiro atoms. The van der Waals surface area contributed by atoms with E-state index in [0.29, 0.717) is 6.42 Å². The molecule has 2 nitrogen and oxygen atoms in total. The Morgan fingerprint density at radius 1 is 1.27 bits per heavy atom. The van der Waals surface area contributed by atoms with E-state index >= 15 is 0 Å². The summed E-state index contributed by atoms with van der Waals surface area (Å²) < 4.78 is 0. The molecule has 0 radical (unpaired) electrons. The second kappa shape index (κ2) is 4.47. The maximum Gasteiger partial charge on any atom is 0.306 e. The third kappa shape index (κ3) is 2.58. The van der Waals surface area contributed by atoms with Crippen molar-refractivity contribution in [3.63, 3.8) is 0 Å². The Morgan fingerprint density at radius 2 is 1.87 bits per heavy atom. The summed E-state index contributed by atoms with van der Waals surface area (Å²) in [5.74, 6) is -1.04. The normalized spacial score (nSPS) is 12.5. The quantitative estimate of drug-likeness (QED) is 0.825. The summed E-state index contributed by atoms with van der Waals surface area (Å²) in [5, 5.41) is 8.86. The molecule has 1 aromatic carbocycles. The molecule has 0 saturated heterocycles. The molecule has 1 N–H and O–H groups in total. The number of rotatable bonds is 3. The number of carboxylic acid groups (broad SMARTS) is 1. The first-order chi connectivity index (χ1) is 6.93. The third-order valence-electron chi connectivity index (χ3n) is 3.12. The fourth-order valence-corrected chi connectivity index (χ4v) is 1.65. The molecule has 0 aromatic heterocycles. The first-order valence-corrected chi connectivity index (χ1v) is 5.22. The molecule has 1 rings (SSSR count). The Labute approximate surface area is 90.9 Å². The number of benzene rings is 1. The molecule has 0 aliphatic rings. The summed E-state index contributed by atoms with van der Waals surface area (Å²) in [6.07, 6.45) is 0.613. The van der Waals surface area contributed by atoms with E-state index in [-0.39, 0.29) is 5.92 Å². The smallest absolute Gasteiger partial charge is 0.306 e. The van der Waals surface area contributed by atoms with E-state index in [1.54, 1.807) is 6.92 Å². The van der Waals surface area contributed by atoms with Crippen molar-refractivity contribution < 1.29 is 9.90 Å². The summed E-state index contributed by atoms with van der Waals surface area (Å²) in [5.41, 5.74) is 4.90. The van der Waals surface area contributed by atoms with Crippen LogP contribution in [-0.4, -0.2) is 11.1 Å². The Bertz CT molecular complexity index is 380. The average Bonchev–Trinajstić information content (AvgIpc) is 2.18. The number of aliphatic carboxylic acids is 1. The Hall–Kier alpha value is -1.31. The van der Waals surface area contributed by atoms with E-state index in [2.05, 4.69) is 26.8 Å². The zero-order chi connectivity index (χ0) is 11.6. The van der Waals surface area contributed by atoms with E-state index in [1.165, 1.54) is 16.7 Å². The van der Waals surface area contributed by atoms with Crippen molar-refractivity contribution in [2.24, 2.45) is 5.92 Å². The fraction of sp³-hybridized carbons (Fsp3) is 0.462. The molecule has 0 saturated carbocycles. The second-order valence-electron chi connectivity index (χ2n) is 4.23. The highest BCUT2D eigenvalue weighted by Crippen LogP contribution is 2.19. The standard InChI is InChI=1S/C13H18O2/c1-8-5-6-12(11(4)10(8)3)7-9(2)13(14)15/h5-6,9H,7H2,1-4H3,(H,14,15). The van der Waals surface area contributed by atoms with Gasteiger partial charge >= 0.3 is 5.97 Å². The van der Waals surface area contributed by atoms with Crippen molar-refractivity contribution in [3.8, 4) is 0 Å². The lowest BCUT2D eigenvalue weighted by Crippen LogP contribution is -2.13. The maximum absolute atomic E-state index is 10.8. The summed E-state index contributed by atoms with van der Waals surface area (Å²) in [6.45, 7) is 7.97. The molecule has 0 fully saturated rings. The molecule has 0 heterocycles. The van der Waals surface area contributed by atoms with Gasteiger partial charge < -0.3 is 5.11 Å². The maximum atomic E-state index is 10.8. The van der Waals surface area contributed by atoms with Crippen LogP contribution in [0.4, 0.5) is 0 Å². The van der Waals surface area contributed by atoms with Crippen LogP contribution in [0.25, 0.3) is 0 Å². The van der Waals surface area contributed by atoms with Gasteiger partial charge in [-0.25, -0.2) is 0 Å². The van der Waals surface area contributed by atoms with Crippen molar-refractivity contribution in [2.45, 2.75) is 34.1 Å². The van der Waals surface area contributed by atoms with Crippen LogP contribution >= 0.6 is 0 Å². The summed E-state index contributed by atoms with van der Waals surface area (Å²) in [4.78, 5) is 10.8. The zero-order valence-corrected chi connectivity index (χ0v) is 9.79. The Morgan fingerprint density at radius 3 is 2.40 bits per heavy atom. The van der Waals surface area contributed by atoms with Crippen molar-refractivity contribution in [1.82, 2.24) is 0 Å². The van der Waals surface area contributed by atoms with Gasteiger partial charge in [0.15, 0.2) is 0 Å². The van der Waals surface area contributed by atoms with Gasteiger partial charge in [-0.3, -0.25) is 4.79 Å². The van der Waals surface area contributed by atoms with Crippen LogP contribution in [0, 0.1) is 26.7 Å². The van der Waals surface area contributed by atoms with Crippen molar-refractivity contribution in [2.75, 3.05) is 0 Å². The minimum Gasteiger partial charge on any atom is -0.481 e. The molecular weight excluding hydrogens is 188 g/mol. The first-order valence-electron chi connectivity index (χ1n) is 5.22. The Balaban J connectivity index is 2.97. The van der Waals surface area contributed by atoms with Crippen molar-refractivity contribution in [3.05, 3.63) is 34.4 Å². The van der Waals surface area contributed by atoms with Crippen LogP contribution < -0.4 is 0 Å². The third-order valence-corrected chi connectivity index (χ3v) is 3.12. The zero-order valence-electron chi connectivity index (χ0n) is 9.79. The predicted octanol–water partition coefficient (Wildman–Crippen LogP) is 2.88. The van der Waals surface area contributed by atoms with E-state index in [9.17, 15) is 4.79 Å². The van der Waals surface area contributed by atoms with Crippen LogP contribution in [0.2, 0.25) is 0 Å².